The van der Waals surface area contributed by atoms with E-state index in [2.05, 4.69) is 34.7 Å². The van der Waals surface area contributed by atoms with Crippen LogP contribution in [0, 0.1) is 14.9 Å². The van der Waals surface area contributed by atoms with Gasteiger partial charge in [-0.2, -0.15) is 5.26 Å². The van der Waals surface area contributed by atoms with E-state index < -0.39 is 0 Å². The highest BCUT2D eigenvalue weighted by molar-refractivity contribution is 14.1. The quantitative estimate of drug-likeness (QED) is 0.679. The van der Waals surface area contributed by atoms with Crippen molar-refractivity contribution in [1.29, 1.82) is 5.26 Å². The molecule has 0 aliphatic rings. The molecule has 62 valence electrons. The summed E-state index contributed by atoms with van der Waals surface area (Å²) in [6.07, 6.45) is 0. The Labute approximate surface area is 90.1 Å². The molecule has 0 aliphatic carbocycles. The first-order valence-corrected chi connectivity index (χ1v) is 4.97. The van der Waals surface area contributed by atoms with E-state index in [9.17, 15) is 0 Å². The van der Waals surface area contributed by atoms with Gasteiger partial charge < -0.3 is 0 Å². The van der Waals surface area contributed by atoms with Crippen LogP contribution in [-0.4, -0.2) is 0 Å². The van der Waals surface area contributed by atoms with Gasteiger partial charge in [-0.1, -0.05) is 24.3 Å². The maximum absolute atomic E-state index is 8.91. The van der Waals surface area contributed by atoms with E-state index in [1.807, 2.05) is 30.3 Å². The molecule has 2 heteroatoms. The van der Waals surface area contributed by atoms with Crippen LogP contribution in [0.2, 0.25) is 0 Å². The van der Waals surface area contributed by atoms with Crippen LogP contribution in [0.5, 0.6) is 0 Å². The minimum absolute atomic E-state index is 0.752. The lowest BCUT2D eigenvalue weighted by molar-refractivity contribution is 1.50. The summed E-state index contributed by atoms with van der Waals surface area (Å²) in [5.41, 5.74) is 0.752. The second-order valence-corrected chi connectivity index (χ2v) is 4.03. The summed E-state index contributed by atoms with van der Waals surface area (Å²) in [4.78, 5) is 0. The lowest BCUT2D eigenvalue weighted by atomic mass is 10.1. The largest absolute Gasteiger partial charge is 0.192 e. The van der Waals surface area contributed by atoms with E-state index in [-0.39, 0.29) is 0 Å². The molecule has 0 amide bonds. The van der Waals surface area contributed by atoms with E-state index in [0.29, 0.717) is 0 Å². The molecule has 1 nitrogen and oxygen atoms in total. The van der Waals surface area contributed by atoms with Gasteiger partial charge in [0, 0.05) is 3.57 Å². The predicted octanol–water partition coefficient (Wildman–Crippen LogP) is 3.32. The van der Waals surface area contributed by atoms with Gasteiger partial charge in [0.2, 0.25) is 0 Å². The normalized spacial score (nSPS) is 9.85. The Morgan fingerprint density at radius 1 is 1.15 bits per heavy atom. The number of benzene rings is 2. The molecular formula is C11H6IN. The molecule has 0 N–H and O–H groups in total. The highest BCUT2D eigenvalue weighted by Gasteiger charge is 2.00. The Morgan fingerprint density at radius 3 is 2.69 bits per heavy atom. The van der Waals surface area contributed by atoms with Crippen molar-refractivity contribution in [2.75, 3.05) is 0 Å². The zero-order valence-corrected chi connectivity index (χ0v) is 8.95. The SMILES string of the molecule is N#Cc1cc(I)cc2ccccc12. The molecule has 0 bridgehead atoms. The fourth-order valence-corrected chi connectivity index (χ4v) is 2.01. The summed E-state index contributed by atoms with van der Waals surface area (Å²) in [5.74, 6) is 0. The van der Waals surface area contributed by atoms with E-state index in [0.717, 1.165) is 19.9 Å². The first kappa shape index (κ1) is 8.52. The molecule has 0 fully saturated rings. The molecule has 13 heavy (non-hydrogen) atoms. The third kappa shape index (κ3) is 1.52. The fourth-order valence-electron chi connectivity index (χ4n) is 1.37. The smallest absolute Gasteiger partial charge is 0.0998 e. The van der Waals surface area contributed by atoms with Gasteiger partial charge in [-0.3, -0.25) is 0 Å². The zero-order chi connectivity index (χ0) is 9.26. The molecule has 2 aromatic carbocycles. The molecule has 0 saturated carbocycles. The first-order chi connectivity index (χ1) is 6.31. The molecule has 0 heterocycles. The minimum Gasteiger partial charge on any atom is -0.192 e. The van der Waals surface area contributed by atoms with E-state index >= 15 is 0 Å². The molecular weight excluding hydrogens is 273 g/mol. The van der Waals surface area contributed by atoms with Crippen molar-refractivity contribution in [3.63, 3.8) is 0 Å². The molecule has 0 aromatic heterocycles. The summed E-state index contributed by atoms with van der Waals surface area (Å²) >= 11 is 2.23. The Balaban J connectivity index is 2.91. The highest BCUT2D eigenvalue weighted by Crippen LogP contribution is 2.21. The van der Waals surface area contributed by atoms with Gasteiger partial charge in [0.05, 0.1) is 11.6 Å². The standard InChI is InChI=1S/C11H6IN/c12-10-5-8-3-1-2-4-11(8)9(6-10)7-13/h1-6H. The highest BCUT2D eigenvalue weighted by atomic mass is 127. The summed E-state index contributed by atoms with van der Waals surface area (Å²) in [5, 5.41) is 11.1. The van der Waals surface area contributed by atoms with Gasteiger partial charge in [-0.15, -0.1) is 0 Å². The summed E-state index contributed by atoms with van der Waals surface area (Å²) in [7, 11) is 0. The second-order valence-electron chi connectivity index (χ2n) is 2.79. The average Bonchev–Trinajstić information content (AvgIpc) is 2.16. The number of halogens is 1. The molecule has 0 spiro atoms. The summed E-state index contributed by atoms with van der Waals surface area (Å²) in [6.45, 7) is 0. The molecule has 2 aromatic rings. The minimum atomic E-state index is 0.752. The van der Waals surface area contributed by atoms with Crippen LogP contribution in [0.1, 0.15) is 5.56 Å². The van der Waals surface area contributed by atoms with Gasteiger partial charge in [-0.05, 0) is 45.5 Å². The van der Waals surface area contributed by atoms with Crippen LogP contribution >= 0.6 is 22.6 Å². The van der Waals surface area contributed by atoms with Crippen LogP contribution in [0.4, 0.5) is 0 Å². The predicted molar refractivity (Wildman–Crippen MR) is 61.4 cm³/mol. The molecule has 0 aliphatic heterocycles. The Kier molecular flexibility index (Phi) is 2.19. The molecule has 0 atom stereocenters. The zero-order valence-electron chi connectivity index (χ0n) is 6.79. The molecule has 2 rings (SSSR count). The summed E-state index contributed by atoms with van der Waals surface area (Å²) in [6, 6.07) is 14.1. The Hall–Kier alpha value is -1.08. The maximum atomic E-state index is 8.91. The summed E-state index contributed by atoms with van der Waals surface area (Å²) < 4.78 is 1.10. The van der Waals surface area contributed by atoms with Gasteiger partial charge in [-0.25, -0.2) is 0 Å². The van der Waals surface area contributed by atoms with Crippen molar-refractivity contribution in [1.82, 2.24) is 0 Å². The Bertz CT molecular complexity index is 497. The number of hydrogen-bond donors (Lipinski definition) is 0. The number of rotatable bonds is 0. The fraction of sp³-hybridized carbons (Fsp3) is 0. The third-order valence-corrected chi connectivity index (χ3v) is 2.57. The van der Waals surface area contributed by atoms with Gasteiger partial charge in [0.1, 0.15) is 0 Å². The van der Waals surface area contributed by atoms with Crippen LogP contribution in [0.3, 0.4) is 0 Å². The van der Waals surface area contributed by atoms with Crippen molar-refractivity contribution in [2.45, 2.75) is 0 Å². The van der Waals surface area contributed by atoms with Crippen LogP contribution in [0.25, 0.3) is 10.8 Å². The van der Waals surface area contributed by atoms with E-state index in [1.165, 1.54) is 0 Å². The first-order valence-electron chi connectivity index (χ1n) is 3.89. The van der Waals surface area contributed by atoms with Crippen molar-refractivity contribution < 1.29 is 0 Å². The Morgan fingerprint density at radius 2 is 1.92 bits per heavy atom. The topological polar surface area (TPSA) is 23.8 Å². The monoisotopic (exact) mass is 279 g/mol. The number of nitriles is 1. The molecule has 0 unspecified atom stereocenters. The van der Waals surface area contributed by atoms with Crippen LogP contribution in [0.15, 0.2) is 36.4 Å². The van der Waals surface area contributed by atoms with Crippen molar-refractivity contribution in [2.24, 2.45) is 0 Å². The number of nitrogens with zero attached hydrogens (tertiary/aromatic N) is 1. The molecule has 0 saturated heterocycles. The lowest BCUT2D eigenvalue weighted by Gasteiger charge is -2.00. The van der Waals surface area contributed by atoms with Crippen LogP contribution < -0.4 is 0 Å². The van der Waals surface area contributed by atoms with Crippen molar-refractivity contribution in [3.8, 4) is 6.07 Å². The van der Waals surface area contributed by atoms with Crippen LogP contribution in [-0.2, 0) is 0 Å². The van der Waals surface area contributed by atoms with Gasteiger partial charge >= 0.3 is 0 Å². The van der Waals surface area contributed by atoms with Gasteiger partial charge in [0.15, 0.2) is 0 Å². The third-order valence-electron chi connectivity index (χ3n) is 1.95. The number of hydrogen-bond acceptors (Lipinski definition) is 1. The lowest BCUT2D eigenvalue weighted by Crippen LogP contribution is -1.81. The van der Waals surface area contributed by atoms with Crippen molar-refractivity contribution >= 4 is 33.4 Å². The van der Waals surface area contributed by atoms with Gasteiger partial charge in [0.25, 0.3) is 0 Å². The van der Waals surface area contributed by atoms with E-state index in [1.54, 1.807) is 0 Å². The average molecular weight is 279 g/mol. The van der Waals surface area contributed by atoms with Crippen molar-refractivity contribution in [3.05, 3.63) is 45.5 Å². The molecule has 0 radical (unpaired) electrons. The second kappa shape index (κ2) is 3.35. The maximum Gasteiger partial charge on any atom is 0.0998 e. The van der Waals surface area contributed by atoms with E-state index in [4.69, 9.17) is 5.26 Å². The number of fused-ring (bicyclic) bond motifs is 1.